The van der Waals surface area contributed by atoms with Crippen molar-refractivity contribution in [1.29, 1.82) is 0 Å². The Morgan fingerprint density at radius 1 is 1.60 bits per heavy atom. The van der Waals surface area contributed by atoms with Crippen molar-refractivity contribution in [2.75, 3.05) is 11.5 Å². The monoisotopic (exact) mass is 247 g/mol. The average molecular weight is 248 g/mol. The maximum absolute atomic E-state index is 10.6. The highest BCUT2D eigenvalue weighted by Gasteiger charge is 2.24. The largest absolute Gasteiger partial charge is 0.325 e. The highest BCUT2D eigenvalue weighted by molar-refractivity contribution is 7.99. The van der Waals surface area contributed by atoms with Gasteiger partial charge in [0.15, 0.2) is 0 Å². The smallest absolute Gasteiger partial charge is 0.258 e. The van der Waals surface area contributed by atoms with Crippen LogP contribution >= 0.6 is 23.4 Å². The van der Waals surface area contributed by atoms with Gasteiger partial charge in [0.05, 0.1) is 11.0 Å². The van der Waals surface area contributed by atoms with Crippen LogP contribution in [0.15, 0.2) is 6.20 Å². The molecule has 2 heterocycles. The van der Waals surface area contributed by atoms with Gasteiger partial charge in [0.2, 0.25) is 5.15 Å². The Balaban J connectivity index is 2.24. The first-order chi connectivity index (χ1) is 7.20. The summed E-state index contributed by atoms with van der Waals surface area (Å²) in [6, 6.07) is 0.215. The van der Waals surface area contributed by atoms with Gasteiger partial charge in [0.25, 0.3) is 0 Å². The lowest BCUT2D eigenvalue weighted by Crippen LogP contribution is -2.16. The van der Waals surface area contributed by atoms with Gasteiger partial charge in [0, 0.05) is 0 Å². The predicted molar refractivity (Wildman–Crippen MR) is 59.5 cm³/mol. The lowest BCUT2D eigenvalue weighted by Gasteiger charge is -2.21. The molecule has 1 aliphatic heterocycles. The summed E-state index contributed by atoms with van der Waals surface area (Å²) in [5, 5.41) is 14.7. The van der Waals surface area contributed by atoms with E-state index in [-0.39, 0.29) is 16.9 Å². The first kappa shape index (κ1) is 10.8. The fraction of sp³-hybridized carbons (Fsp3) is 0.625. The number of aromatic nitrogens is 2. The molecule has 0 spiro atoms. The summed E-state index contributed by atoms with van der Waals surface area (Å²) >= 11 is 7.80. The molecular formula is C8H10ClN3O2S. The lowest BCUT2D eigenvalue weighted by atomic mass is 10.2. The SMILES string of the molecule is O=[N+]([O-])c1cnn(C2CCSCC2)c1Cl. The van der Waals surface area contributed by atoms with E-state index in [9.17, 15) is 10.1 Å². The first-order valence-electron chi connectivity index (χ1n) is 4.65. The van der Waals surface area contributed by atoms with E-state index in [1.165, 1.54) is 6.20 Å². The van der Waals surface area contributed by atoms with E-state index in [1.807, 2.05) is 11.8 Å². The fourth-order valence-electron chi connectivity index (χ4n) is 1.64. The van der Waals surface area contributed by atoms with Crippen LogP contribution in [0.25, 0.3) is 0 Å². The van der Waals surface area contributed by atoms with Crippen molar-refractivity contribution in [1.82, 2.24) is 9.78 Å². The van der Waals surface area contributed by atoms with Gasteiger partial charge in [-0.2, -0.15) is 16.9 Å². The van der Waals surface area contributed by atoms with Crippen molar-refractivity contribution in [3.05, 3.63) is 21.5 Å². The third kappa shape index (κ3) is 2.10. The summed E-state index contributed by atoms with van der Waals surface area (Å²) in [6.07, 6.45) is 3.18. The molecule has 1 fully saturated rings. The molecule has 0 bridgehead atoms. The van der Waals surface area contributed by atoms with Crippen LogP contribution in [-0.2, 0) is 0 Å². The molecule has 1 aromatic heterocycles. The van der Waals surface area contributed by atoms with E-state index in [4.69, 9.17) is 11.6 Å². The number of nitro groups is 1. The molecule has 0 atom stereocenters. The standard InChI is InChI=1S/C8H10ClN3O2S/c9-8-7(12(13)14)5-10-11(8)6-1-3-15-4-2-6/h5-6H,1-4H2. The highest BCUT2D eigenvalue weighted by atomic mass is 35.5. The number of hydrogen-bond acceptors (Lipinski definition) is 4. The van der Waals surface area contributed by atoms with Crippen LogP contribution in [0.5, 0.6) is 0 Å². The van der Waals surface area contributed by atoms with E-state index in [0.717, 1.165) is 24.3 Å². The molecular weight excluding hydrogens is 238 g/mol. The lowest BCUT2D eigenvalue weighted by molar-refractivity contribution is -0.384. The Kier molecular flexibility index (Phi) is 3.16. The third-order valence-electron chi connectivity index (χ3n) is 2.45. The molecule has 0 amide bonds. The summed E-state index contributed by atoms with van der Waals surface area (Å²) in [7, 11) is 0. The normalized spacial score (nSPS) is 17.9. The van der Waals surface area contributed by atoms with E-state index < -0.39 is 4.92 Å². The van der Waals surface area contributed by atoms with Gasteiger partial charge in [-0.05, 0) is 24.3 Å². The van der Waals surface area contributed by atoms with Crippen molar-refractivity contribution in [3.63, 3.8) is 0 Å². The predicted octanol–water partition coefficient (Wildman–Crippen LogP) is 2.51. The first-order valence-corrected chi connectivity index (χ1v) is 6.18. The van der Waals surface area contributed by atoms with Crippen LogP contribution in [0.2, 0.25) is 5.15 Å². The summed E-state index contributed by atoms with van der Waals surface area (Å²) in [5.41, 5.74) is -0.102. The van der Waals surface area contributed by atoms with Crippen LogP contribution in [0.1, 0.15) is 18.9 Å². The molecule has 0 aromatic carbocycles. The molecule has 0 unspecified atom stereocenters. The summed E-state index contributed by atoms with van der Waals surface area (Å²) in [6.45, 7) is 0. The zero-order chi connectivity index (χ0) is 10.8. The summed E-state index contributed by atoms with van der Waals surface area (Å²) < 4.78 is 1.58. The number of nitrogens with zero attached hydrogens (tertiary/aromatic N) is 3. The Morgan fingerprint density at radius 2 is 2.27 bits per heavy atom. The van der Waals surface area contributed by atoms with Crippen molar-refractivity contribution in [2.24, 2.45) is 0 Å². The van der Waals surface area contributed by atoms with Crippen LogP contribution in [0.4, 0.5) is 5.69 Å². The second-order valence-corrected chi connectivity index (χ2v) is 4.95. The van der Waals surface area contributed by atoms with Crippen molar-refractivity contribution < 1.29 is 4.92 Å². The summed E-state index contributed by atoms with van der Waals surface area (Å²) in [4.78, 5) is 10.1. The maximum atomic E-state index is 10.6. The number of hydrogen-bond donors (Lipinski definition) is 0. The van der Waals surface area contributed by atoms with Gasteiger partial charge in [-0.15, -0.1) is 0 Å². The minimum absolute atomic E-state index is 0.102. The molecule has 82 valence electrons. The zero-order valence-corrected chi connectivity index (χ0v) is 9.50. The van der Waals surface area contributed by atoms with Crippen molar-refractivity contribution in [3.8, 4) is 0 Å². The van der Waals surface area contributed by atoms with Crippen LogP contribution in [-0.4, -0.2) is 26.2 Å². The molecule has 0 N–H and O–H groups in total. The van der Waals surface area contributed by atoms with Crippen LogP contribution < -0.4 is 0 Å². The molecule has 1 saturated heterocycles. The van der Waals surface area contributed by atoms with Crippen molar-refractivity contribution in [2.45, 2.75) is 18.9 Å². The fourth-order valence-corrected chi connectivity index (χ4v) is 3.03. The van der Waals surface area contributed by atoms with E-state index in [0.29, 0.717) is 0 Å². The quantitative estimate of drug-likeness (QED) is 0.595. The number of rotatable bonds is 2. The molecule has 1 aromatic rings. The van der Waals surface area contributed by atoms with Gasteiger partial charge in [0.1, 0.15) is 6.20 Å². The summed E-state index contributed by atoms with van der Waals surface area (Å²) in [5.74, 6) is 2.13. The Morgan fingerprint density at radius 3 is 2.80 bits per heavy atom. The maximum Gasteiger partial charge on any atom is 0.325 e. The van der Waals surface area contributed by atoms with Gasteiger partial charge >= 0.3 is 5.69 Å². The van der Waals surface area contributed by atoms with Gasteiger partial charge in [-0.1, -0.05) is 11.6 Å². The molecule has 1 aliphatic rings. The van der Waals surface area contributed by atoms with E-state index >= 15 is 0 Å². The second kappa shape index (κ2) is 4.40. The Bertz CT molecular complexity index is 376. The van der Waals surface area contributed by atoms with Crippen LogP contribution in [0, 0.1) is 10.1 Å². The molecule has 0 aliphatic carbocycles. The minimum Gasteiger partial charge on any atom is -0.258 e. The molecule has 15 heavy (non-hydrogen) atoms. The van der Waals surface area contributed by atoms with Crippen LogP contribution in [0.3, 0.4) is 0 Å². The van der Waals surface area contributed by atoms with Gasteiger partial charge in [-0.25, -0.2) is 4.68 Å². The Labute approximate surface area is 95.9 Å². The van der Waals surface area contributed by atoms with Gasteiger partial charge < -0.3 is 0 Å². The van der Waals surface area contributed by atoms with Gasteiger partial charge in [-0.3, -0.25) is 10.1 Å². The van der Waals surface area contributed by atoms with E-state index in [2.05, 4.69) is 5.10 Å². The van der Waals surface area contributed by atoms with E-state index in [1.54, 1.807) is 4.68 Å². The number of halogens is 1. The molecule has 0 saturated carbocycles. The average Bonchev–Trinajstić information content (AvgIpc) is 2.61. The number of thioether (sulfide) groups is 1. The molecule has 0 radical (unpaired) electrons. The highest BCUT2D eigenvalue weighted by Crippen LogP contribution is 2.32. The van der Waals surface area contributed by atoms with Crippen molar-refractivity contribution >= 4 is 29.1 Å². The molecule has 5 nitrogen and oxygen atoms in total. The topological polar surface area (TPSA) is 61.0 Å². The minimum atomic E-state index is -0.497. The Hall–Kier alpha value is -0.750. The zero-order valence-electron chi connectivity index (χ0n) is 7.93. The molecule has 2 rings (SSSR count). The third-order valence-corrected chi connectivity index (χ3v) is 3.87. The second-order valence-electron chi connectivity index (χ2n) is 3.37. The molecule has 7 heteroatoms.